The number of ether oxygens (including phenoxy) is 1. The van der Waals surface area contributed by atoms with Crippen molar-refractivity contribution in [2.24, 2.45) is 0 Å². The van der Waals surface area contributed by atoms with Gasteiger partial charge in [-0.05, 0) is 24.6 Å². The van der Waals surface area contributed by atoms with Gasteiger partial charge in [-0.3, -0.25) is 10.5 Å². The third-order valence-corrected chi connectivity index (χ3v) is 1.82. The van der Waals surface area contributed by atoms with Crippen LogP contribution in [0, 0.1) is 0 Å². The van der Waals surface area contributed by atoms with Crippen LogP contribution < -0.4 is 4.74 Å². The lowest BCUT2D eigenvalue weighted by Gasteiger charge is -2.10. The second-order valence-corrected chi connectivity index (χ2v) is 3.14. The summed E-state index contributed by atoms with van der Waals surface area (Å²) in [6.45, 7) is 2.11. The van der Waals surface area contributed by atoms with Crippen molar-refractivity contribution in [3.63, 3.8) is 0 Å². The number of rotatable bonds is 6. The lowest BCUT2D eigenvalue weighted by Crippen LogP contribution is -2.16. The van der Waals surface area contributed by atoms with E-state index in [0.29, 0.717) is 5.75 Å². The lowest BCUT2D eigenvalue weighted by molar-refractivity contribution is -0.278. The van der Waals surface area contributed by atoms with Crippen molar-refractivity contribution in [2.45, 2.75) is 19.6 Å². The first-order valence-electron chi connectivity index (χ1n) is 4.54. The van der Waals surface area contributed by atoms with Gasteiger partial charge < -0.3 is 4.74 Å². The summed E-state index contributed by atoms with van der Waals surface area (Å²) in [5.41, 5.74) is 0.844. The highest BCUT2D eigenvalue weighted by Crippen LogP contribution is 2.13. The minimum atomic E-state index is -0.370. The first kappa shape index (κ1) is 11.9. The SMILES string of the molecule is CC(COc1ccc(COO)cc1)OO. The Bertz CT molecular complexity index is 272. The van der Waals surface area contributed by atoms with Crippen LogP contribution in [0.2, 0.25) is 0 Å². The summed E-state index contributed by atoms with van der Waals surface area (Å²) in [7, 11) is 0. The van der Waals surface area contributed by atoms with E-state index in [1.807, 2.05) is 0 Å². The van der Waals surface area contributed by atoms with Crippen LogP contribution in [-0.4, -0.2) is 23.2 Å². The molecule has 1 rings (SSSR count). The molecule has 15 heavy (non-hydrogen) atoms. The fraction of sp³-hybridized carbons (Fsp3) is 0.400. The zero-order valence-corrected chi connectivity index (χ0v) is 8.42. The molecule has 0 radical (unpaired) electrons. The van der Waals surface area contributed by atoms with Crippen LogP contribution in [0.4, 0.5) is 0 Å². The van der Waals surface area contributed by atoms with Gasteiger partial charge in [0.1, 0.15) is 25.1 Å². The minimum Gasteiger partial charge on any atom is -0.491 e. The molecule has 0 bridgehead atoms. The van der Waals surface area contributed by atoms with Gasteiger partial charge in [-0.2, -0.15) is 0 Å². The first-order chi connectivity index (χ1) is 7.26. The highest BCUT2D eigenvalue weighted by molar-refractivity contribution is 5.26. The average Bonchev–Trinajstić information content (AvgIpc) is 2.28. The van der Waals surface area contributed by atoms with E-state index >= 15 is 0 Å². The summed E-state index contributed by atoms with van der Waals surface area (Å²) in [6.07, 6.45) is -0.370. The zero-order valence-electron chi connectivity index (χ0n) is 8.42. The number of hydrogen-bond donors (Lipinski definition) is 2. The van der Waals surface area contributed by atoms with Gasteiger partial charge in [-0.1, -0.05) is 12.1 Å². The molecule has 0 aliphatic rings. The molecule has 2 N–H and O–H groups in total. The van der Waals surface area contributed by atoms with Crippen LogP contribution in [0.15, 0.2) is 24.3 Å². The van der Waals surface area contributed by atoms with Crippen molar-refractivity contribution in [1.29, 1.82) is 0 Å². The van der Waals surface area contributed by atoms with E-state index in [9.17, 15) is 0 Å². The molecular weight excluding hydrogens is 200 g/mol. The molecule has 1 unspecified atom stereocenters. The van der Waals surface area contributed by atoms with Gasteiger partial charge in [-0.15, -0.1) is 0 Å². The van der Waals surface area contributed by atoms with Crippen LogP contribution in [0.3, 0.4) is 0 Å². The molecule has 0 amide bonds. The van der Waals surface area contributed by atoms with Gasteiger partial charge in [0.15, 0.2) is 0 Å². The van der Waals surface area contributed by atoms with E-state index in [2.05, 4.69) is 9.78 Å². The molecule has 0 aromatic heterocycles. The van der Waals surface area contributed by atoms with Crippen LogP contribution in [0.1, 0.15) is 12.5 Å². The van der Waals surface area contributed by atoms with E-state index in [1.165, 1.54) is 0 Å². The Balaban J connectivity index is 2.42. The summed E-state index contributed by atoms with van der Waals surface area (Å²) < 4.78 is 5.30. The maximum Gasteiger partial charge on any atom is 0.124 e. The fourth-order valence-electron chi connectivity index (χ4n) is 1.00. The molecular formula is C10H14O5. The van der Waals surface area contributed by atoms with Crippen molar-refractivity contribution in [2.75, 3.05) is 6.61 Å². The van der Waals surface area contributed by atoms with E-state index in [0.717, 1.165) is 5.56 Å². The molecule has 0 aliphatic heterocycles. The summed E-state index contributed by atoms with van der Waals surface area (Å²) in [5, 5.41) is 16.5. The first-order valence-corrected chi connectivity index (χ1v) is 4.54. The standard InChI is InChI=1S/C10H14O5/c1-8(15-12)6-13-10-4-2-9(3-5-10)7-14-11/h2-5,8,11-12H,6-7H2,1H3. The topological polar surface area (TPSA) is 68.2 Å². The van der Waals surface area contributed by atoms with Gasteiger partial charge >= 0.3 is 0 Å². The highest BCUT2D eigenvalue weighted by Gasteiger charge is 2.02. The molecule has 84 valence electrons. The van der Waals surface area contributed by atoms with Crippen molar-refractivity contribution >= 4 is 0 Å². The summed E-state index contributed by atoms with van der Waals surface area (Å²) in [5.74, 6) is 0.667. The van der Waals surface area contributed by atoms with Crippen LogP contribution >= 0.6 is 0 Å². The van der Waals surface area contributed by atoms with Gasteiger partial charge in [0.05, 0.1) is 0 Å². The Kier molecular flexibility index (Phi) is 5.06. The minimum absolute atomic E-state index is 0.149. The van der Waals surface area contributed by atoms with Crippen molar-refractivity contribution in [1.82, 2.24) is 0 Å². The van der Waals surface area contributed by atoms with Crippen molar-refractivity contribution in [3.05, 3.63) is 29.8 Å². The number of hydrogen-bond acceptors (Lipinski definition) is 5. The van der Waals surface area contributed by atoms with E-state index in [-0.39, 0.29) is 19.3 Å². The van der Waals surface area contributed by atoms with Crippen LogP contribution in [-0.2, 0) is 16.4 Å². The normalized spacial score (nSPS) is 12.5. The van der Waals surface area contributed by atoms with Crippen LogP contribution in [0.25, 0.3) is 0 Å². The molecule has 0 aliphatic carbocycles. The summed E-state index contributed by atoms with van der Waals surface area (Å²) in [6, 6.07) is 7.04. The van der Waals surface area contributed by atoms with Crippen molar-refractivity contribution < 1.29 is 25.0 Å². The predicted molar refractivity (Wildman–Crippen MR) is 52.5 cm³/mol. The molecule has 0 saturated carbocycles. The smallest absolute Gasteiger partial charge is 0.124 e. The maximum absolute atomic E-state index is 8.30. The highest BCUT2D eigenvalue weighted by atomic mass is 17.1. The maximum atomic E-state index is 8.30. The molecule has 0 heterocycles. The molecule has 0 saturated heterocycles. The molecule has 1 aromatic carbocycles. The van der Waals surface area contributed by atoms with Gasteiger partial charge in [-0.25, -0.2) is 9.78 Å². The molecule has 5 heteroatoms. The Morgan fingerprint density at radius 2 is 1.87 bits per heavy atom. The Morgan fingerprint density at radius 3 is 2.40 bits per heavy atom. The summed E-state index contributed by atoms with van der Waals surface area (Å²) >= 11 is 0. The summed E-state index contributed by atoms with van der Waals surface area (Å²) in [4.78, 5) is 8.05. The van der Waals surface area contributed by atoms with Gasteiger partial charge in [0.2, 0.25) is 0 Å². The molecule has 1 atom stereocenters. The molecule has 0 fully saturated rings. The zero-order chi connectivity index (χ0) is 11.1. The molecule has 5 nitrogen and oxygen atoms in total. The van der Waals surface area contributed by atoms with Gasteiger partial charge in [0, 0.05) is 0 Å². The van der Waals surface area contributed by atoms with Crippen LogP contribution in [0.5, 0.6) is 5.75 Å². The van der Waals surface area contributed by atoms with E-state index in [1.54, 1.807) is 31.2 Å². The van der Waals surface area contributed by atoms with E-state index < -0.39 is 0 Å². The largest absolute Gasteiger partial charge is 0.491 e. The Hall–Kier alpha value is -1.14. The monoisotopic (exact) mass is 214 g/mol. The lowest BCUT2D eigenvalue weighted by atomic mass is 10.2. The van der Waals surface area contributed by atoms with E-state index in [4.69, 9.17) is 15.3 Å². The number of benzene rings is 1. The molecule has 0 spiro atoms. The third-order valence-electron chi connectivity index (χ3n) is 1.82. The van der Waals surface area contributed by atoms with Gasteiger partial charge in [0.25, 0.3) is 0 Å². The predicted octanol–water partition coefficient (Wildman–Crippen LogP) is 1.93. The third kappa shape index (κ3) is 4.26. The quantitative estimate of drug-likeness (QED) is 0.559. The second-order valence-electron chi connectivity index (χ2n) is 3.14. The Morgan fingerprint density at radius 1 is 1.20 bits per heavy atom. The second kappa shape index (κ2) is 6.36. The Labute approximate surface area is 87.7 Å². The van der Waals surface area contributed by atoms with Crippen molar-refractivity contribution in [3.8, 4) is 5.75 Å². The average molecular weight is 214 g/mol. The fourth-order valence-corrected chi connectivity index (χ4v) is 1.00. The molecule has 1 aromatic rings.